The monoisotopic (exact) mass is 247 g/mol. The summed E-state index contributed by atoms with van der Waals surface area (Å²) in [5, 5.41) is 12.4. The van der Waals surface area contributed by atoms with Gasteiger partial charge in [-0.3, -0.25) is 0 Å². The quantitative estimate of drug-likeness (QED) is 0.872. The summed E-state index contributed by atoms with van der Waals surface area (Å²) < 4.78 is 18.1. The maximum atomic E-state index is 13.0. The van der Waals surface area contributed by atoms with Crippen molar-refractivity contribution in [1.82, 2.24) is 0 Å². The SMILES string of the molecule is COc1ccc(NCc2cc(O)cc(F)c2)cc1. The normalized spacial score (nSPS) is 10.1. The van der Waals surface area contributed by atoms with Crippen molar-refractivity contribution >= 4 is 5.69 Å². The van der Waals surface area contributed by atoms with E-state index < -0.39 is 5.82 Å². The predicted molar refractivity (Wildman–Crippen MR) is 68.4 cm³/mol. The number of anilines is 1. The molecule has 0 atom stereocenters. The maximum absolute atomic E-state index is 13.0. The number of hydrogen-bond acceptors (Lipinski definition) is 3. The van der Waals surface area contributed by atoms with Crippen LogP contribution in [0, 0.1) is 5.82 Å². The zero-order valence-electron chi connectivity index (χ0n) is 9.98. The zero-order valence-corrected chi connectivity index (χ0v) is 9.98. The minimum absolute atomic E-state index is 0.0680. The van der Waals surface area contributed by atoms with Gasteiger partial charge in [0, 0.05) is 18.3 Å². The van der Waals surface area contributed by atoms with Crippen LogP contribution in [0.25, 0.3) is 0 Å². The van der Waals surface area contributed by atoms with Crippen molar-refractivity contribution in [2.75, 3.05) is 12.4 Å². The van der Waals surface area contributed by atoms with Crippen molar-refractivity contribution in [3.05, 3.63) is 53.8 Å². The van der Waals surface area contributed by atoms with E-state index in [1.807, 2.05) is 24.3 Å². The van der Waals surface area contributed by atoms with Crippen LogP contribution in [0.3, 0.4) is 0 Å². The number of hydrogen-bond donors (Lipinski definition) is 2. The number of halogens is 1. The van der Waals surface area contributed by atoms with Crippen molar-refractivity contribution in [1.29, 1.82) is 0 Å². The second-order valence-corrected chi connectivity index (χ2v) is 3.90. The Bertz CT molecular complexity index is 506. The summed E-state index contributed by atoms with van der Waals surface area (Å²) in [4.78, 5) is 0. The fourth-order valence-corrected chi connectivity index (χ4v) is 1.65. The van der Waals surface area contributed by atoms with Gasteiger partial charge >= 0.3 is 0 Å². The molecule has 0 saturated carbocycles. The van der Waals surface area contributed by atoms with Crippen LogP contribution in [0.15, 0.2) is 42.5 Å². The third kappa shape index (κ3) is 3.13. The molecule has 0 unspecified atom stereocenters. The number of benzene rings is 2. The van der Waals surface area contributed by atoms with Gasteiger partial charge in [0.1, 0.15) is 17.3 Å². The van der Waals surface area contributed by atoms with Gasteiger partial charge in [0.05, 0.1) is 7.11 Å². The number of methoxy groups -OCH3 is 1. The molecular weight excluding hydrogens is 233 g/mol. The summed E-state index contributed by atoms with van der Waals surface area (Å²) in [7, 11) is 1.61. The summed E-state index contributed by atoms with van der Waals surface area (Å²) >= 11 is 0. The topological polar surface area (TPSA) is 41.5 Å². The molecule has 0 radical (unpaired) electrons. The average molecular weight is 247 g/mol. The average Bonchev–Trinajstić information content (AvgIpc) is 2.36. The molecule has 0 aliphatic rings. The Hall–Kier alpha value is -2.23. The van der Waals surface area contributed by atoms with Gasteiger partial charge in [0.15, 0.2) is 0 Å². The van der Waals surface area contributed by atoms with Gasteiger partial charge in [-0.15, -0.1) is 0 Å². The van der Waals surface area contributed by atoms with E-state index in [-0.39, 0.29) is 5.75 Å². The van der Waals surface area contributed by atoms with Crippen molar-refractivity contribution in [2.24, 2.45) is 0 Å². The van der Waals surface area contributed by atoms with Gasteiger partial charge in [-0.05, 0) is 42.0 Å². The van der Waals surface area contributed by atoms with Gasteiger partial charge in [0.25, 0.3) is 0 Å². The van der Waals surface area contributed by atoms with E-state index in [1.165, 1.54) is 12.1 Å². The molecule has 0 aliphatic carbocycles. The van der Waals surface area contributed by atoms with E-state index in [1.54, 1.807) is 7.11 Å². The van der Waals surface area contributed by atoms with Crippen molar-refractivity contribution in [3.63, 3.8) is 0 Å². The maximum Gasteiger partial charge on any atom is 0.127 e. The minimum Gasteiger partial charge on any atom is -0.508 e. The van der Waals surface area contributed by atoms with Crippen LogP contribution < -0.4 is 10.1 Å². The van der Waals surface area contributed by atoms with E-state index in [9.17, 15) is 9.50 Å². The first-order valence-corrected chi connectivity index (χ1v) is 5.54. The molecule has 2 N–H and O–H groups in total. The molecule has 0 fully saturated rings. The lowest BCUT2D eigenvalue weighted by atomic mass is 10.2. The third-order valence-electron chi connectivity index (χ3n) is 2.53. The van der Waals surface area contributed by atoms with E-state index >= 15 is 0 Å². The standard InChI is InChI=1S/C14H14FNO2/c1-18-14-4-2-12(3-5-14)16-9-10-6-11(15)8-13(17)7-10/h2-8,16-17H,9H2,1H3. The Labute approximate surface area is 105 Å². The van der Waals surface area contributed by atoms with Crippen LogP contribution in [0.2, 0.25) is 0 Å². The Kier molecular flexibility index (Phi) is 3.67. The Balaban J connectivity index is 2.01. The molecule has 2 aromatic carbocycles. The molecule has 2 rings (SSSR count). The summed E-state index contributed by atoms with van der Waals surface area (Å²) in [5.74, 6) is 0.270. The molecular formula is C14H14FNO2. The van der Waals surface area contributed by atoms with Gasteiger partial charge in [-0.25, -0.2) is 4.39 Å². The molecule has 0 spiro atoms. The zero-order chi connectivity index (χ0) is 13.0. The molecule has 0 aromatic heterocycles. The fraction of sp³-hybridized carbons (Fsp3) is 0.143. The highest BCUT2D eigenvalue weighted by atomic mass is 19.1. The van der Waals surface area contributed by atoms with E-state index in [2.05, 4.69) is 5.32 Å². The minimum atomic E-state index is -0.443. The van der Waals surface area contributed by atoms with Gasteiger partial charge in [-0.1, -0.05) is 0 Å². The first-order chi connectivity index (χ1) is 8.67. The van der Waals surface area contributed by atoms with Crippen molar-refractivity contribution in [2.45, 2.75) is 6.54 Å². The first kappa shape index (κ1) is 12.2. The molecule has 2 aromatic rings. The van der Waals surface area contributed by atoms with E-state index in [0.29, 0.717) is 12.1 Å². The molecule has 0 heterocycles. The second-order valence-electron chi connectivity index (χ2n) is 3.90. The summed E-state index contributed by atoms with van der Waals surface area (Å²) in [6, 6.07) is 11.4. The molecule has 4 heteroatoms. The Morgan fingerprint density at radius 1 is 1.17 bits per heavy atom. The first-order valence-electron chi connectivity index (χ1n) is 5.54. The summed E-state index contributed by atoms with van der Waals surface area (Å²) in [6.07, 6.45) is 0. The van der Waals surface area contributed by atoms with Crippen molar-refractivity contribution < 1.29 is 14.2 Å². The number of phenols is 1. The largest absolute Gasteiger partial charge is 0.508 e. The van der Waals surface area contributed by atoms with Crippen molar-refractivity contribution in [3.8, 4) is 11.5 Å². The number of ether oxygens (including phenoxy) is 1. The molecule has 0 bridgehead atoms. The number of nitrogens with one attached hydrogen (secondary N) is 1. The van der Waals surface area contributed by atoms with Crippen LogP contribution in [0.4, 0.5) is 10.1 Å². The molecule has 3 nitrogen and oxygen atoms in total. The third-order valence-corrected chi connectivity index (χ3v) is 2.53. The lowest BCUT2D eigenvalue weighted by Crippen LogP contribution is -1.99. The highest BCUT2D eigenvalue weighted by Crippen LogP contribution is 2.18. The molecule has 0 saturated heterocycles. The number of aromatic hydroxyl groups is 1. The van der Waals surface area contributed by atoms with Crippen LogP contribution in [0.5, 0.6) is 11.5 Å². The number of phenolic OH excluding ortho intramolecular Hbond substituents is 1. The van der Waals surface area contributed by atoms with Crippen LogP contribution in [-0.2, 0) is 6.54 Å². The number of rotatable bonds is 4. The van der Waals surface area contributed by atoms with E-state index in [4.69, 9.17) is 4.74 Å². The van der Waals surface area contributed by atoms with Crippen LogP contribution >= 0.6 is 0 Å². The second kappa shape index (κ2) is 5.40. The van der Waals surface area contributed by atoms with Gasteiger partial charge < -0.3 is 15.2 Å². The summed E-state index contributed by atoms with van der Waals surface area (Å²) in [5.41, 5.74) is 1.59. The lowest BCUT2D eigenvalue weighted by Gasteiger charge is -2.08. The fourth-order valence-electron chi connectivity index (χ4n) is 1.65. The Morgan fingerprint density at radius 3 is 2.50 bits per heavy atom. The van der Waals surface area contributed by atoms with Crippen LogP contribution in [0.1, 0.15) is 5.56 Å². The lowest BCUT2D eigenvalue weighted by molar-refractivity contribution is 0.415. The van der Waals surface area contributed by atoms with Gasteiger partial charge in [-0.2, -0.15) is 0 Å². The highest BCUT2D eigenvalue weighted by Gasteiger charge is 2.00. The molecule has 94 valence electrons. The molecule has 0 aliphatic heterocycles. The van der Waals surface area contributed by atoms with E-state index in [0.717, 1.165) is 17.5 Å². The highest BCUT2D eigenvalue weighted by molar-refractivity contribution is 5.47. The smallest absolute Gasteiger partial charge is 0.127 e. The molecule has 0 amide bonds. The summed E-state index contributed by atoms with van der Waals surface area (Å²) in [6.45, 7) is 0.442. The van der Waals surface area contributed by atoms with Gasteiger partial charge in [0.2, 0.25) is 0 Å². The molecule has 18 heavy (non-hydrogen) atoms. The predicted octanol–water partition coefficient (Wildman–Crippen LogP) is 3.15. The Morgan fingerprint density at radius 2 is 1.89 bits per heavy atom. The van der Waals surface area contributed by atoms with Crippen LogP contribution in [-0.4, -0.2) is 12.2 Å².